The first kappa shape index (κ1) is 14.3. The third kappa shape index (κ3) is 2.61. The third-order valence-electron chi connectivity index (χ3n) is 4.97. The highest BCUT2D eigenvalue weighted by atomic mass is 16.5. The summed E-state index contributed by atoms with van der Waals surface area (Å²) < 4.78 is 11.9. The maximum Gasteiger partial charge on any atom is 0.165 e. The molecule has 4 rings (SSSR count). The molecule has 0 amide bonds. The van der Waals surface area contributed by atoms with Crippen molar-refractivity contribution < 1.29 is 9.47 Å². The minimum absolute atomic E-state index is 0.0101. The molecule has 1 aliphatic heterocycles. The Kier molecular flexibility index (Phi) is 3.56. The standard InChI is InChI=1S/C20H21NO2/c1-22-18-7-6-16(5-4-15-8-12-21-13-9-15)17-14-20(23-19(17)18)10-2-3-11-20/h4-9,12-13H,2-3,10-11,14H2,1H3. The number of hydrogen-bond acceptors (Lipinski definition) is 3. The predicted octanol–water partition coefficient (Wildman–Crippen LogP) is 4.51. The van der Waals surface area contributed by atoms with Crippen molar-refractivity contribution in [1.82, 2.24) is 4.98 Å². The summed E-state index contributed by atoms with van der Waals surface area (Å²) in [6.07, 6.45) is 13.8. The van der Waals surface area contributed by atoms with Gasteiger partial charge >= 0.3 is 0 Å². The van der Waals surface area contributed by atoms with E-state index >= 15 is 0 Å². The zero-order valence-electron chi connectivity index (χ0n) is 13.4. The summed E-state index contributed by atoms with van der Waals surface area (Å²) in [4.78, 5) is 4.06. The van der Waals surface area contributed by atoms with Crippen LogP contribution in [0.4, 0.5) is 0 Å². The van der Waals surface area contributed by atoms with Crippen molar-refractivity contribution in [1.29, 1.82) is 0 Å². The highest BCUT2D eigenvalue weighted by Crippen LogP contribution is 2.49. The van der Waals surface area contributed by atoms with Gasteiger partial charge in [0.15, 0.2) is 11.5 Å². The van der Waals surface area contributed by atoms with Gasteiger partial charge in [-0.15, -0.1) is 0 Å². The average Bonchev–Trinajstić information content (AvgIpc) is 3.20. The molecule has 2 aromatic rings. The molecule has 0 atom stereocenters. The van der Waals surface area contributed by atoms with E-state index in [4.69, 9.17) is 9.47 Å². The average molecular weight is 307 g/mol. The molecular weight excluding hydrogens is 286 g/mol. The van der Waals surface area contributed by atoms with Crippen LogP contribution in [0.3, 0.4) is 0 Å². The molecule has 0 unspecified atom stereocenters. The lowest BCUT2D eigenvalue weighted by Crippen LogP contribution is -2.30. The van der Waals surface area contributed by atoms with Crippen molar-refractivity contribution in [2.45, 2.75) is 37.7 Å². The summed E-state index contributed by atoms with van der Waals surface area (Å²) in [5.41, 5.74) is 3.67. The highest BCUT2D eigenvalue weighted by Gasteiger charge is 2.43. The van der Waals surface area contributed by atoms with Gasteiger partial charge in [0, 0.05) is 24.4 Å². The molecule has 0 radical (unpaired) electrons. The summed E-state index contributed by atoms with van der Waals surface area (Å²) in [5, 5.41) is 0. The van der Waals surface area contributed by atoms with Crippen LogP contribution < -0.4 is 9.47 Å². The van der Waals surface area contributed by atoms with E-state index in [-0.39, 0.29) is 5.60 Å². The molecule has 1 spiro atoms. The molecule has 2 aliphatic rings. The number of ether oxygens (including phenoxy) is 2. The molecule has 0 saturated heterocycles. The normalized spacial score (nSPS) is 18.3. The monoisotopic (exact) mass is 307 g/mol. The van der Waals surface area contributed by atoms with Crippen molar-refractivity contribution in [3.8, 4) is 11.5 Å². The predicted molar refractivity (Wildman–Crippen MR) is 91.7 cm³/mol. The number of aromatic nitrogens is 1. The smallest absolute Gasteiger partial charge is 0.165 e. The van der Waals surface area contributed by atoms with Gasteiger partial charge in [0.05, 0.1) is 7.11 Å². The second-order valence-corrected chi connectivity index (χ2v) is 6.45. The summed E-state index contributed by atoms with van der Waals surface area (Å²) in [7, 11) is 1.71. The Hall–Kier alpha value is -2.29. The molecule has 118 valence electrons. The molecule has 1 aromatic heterocycles. The van der Waals surface area contributed by atoms with E-state index in [1.54, 1.807) is 7.11 Å². The molecule has 1 aromatic carbocycles. The molecule has 0 N–H and O–H groups in total. The number of rotatable bonds is 3. The molecule has 3 heteroatoms. The SMILES string of the molecule is COc1ccc(C=Cc2ccncc2)c2c1OC1(CCCC1)C2. The van der Waals surface area contributed by atoms with Gasteiger partial charge in [-0.3, -0.25) is 4.98 Å². The van der Waals surface area contributed by atoms with Crippen molar-refractivity contribution in [2.75, 3.05) is 7.11 Å². The Morgan fingerprint density at radius 1 is 1.09 bits per heavy atom. The van der Waals surface area contributed by atoms with Crippen molar-refractivity contribution in [3.63, 3.8) is 0 Å². The van der Waals surface area contributed by atoms with Gasteiger partial charge in [-0.25, -0.2) is 0 Å². The molecule has 23 heavy (non-hydrogen) atoms. The summed E-state index contributed by atoms with van der Waals surface area (Å²) >= 11 is 0. The van der Waals surface area contributed by atoms with E-state index < -0.39 is 0 Å². The topological polar surface area (TPSA) is 31.4 Å². The van der Waals surface area contributed by atoms with E-state index in [0.717, 1.165) is 36.3 Å². The summed E-state index contributed by atoms with van der Waals surface area (Å²) in [5.74, 6) is 1.80. The molecule has 2 heterocycles. The second-order valence-electron chi connectivity index (χ2n) is 6.45. The first-order valence-electron chi connectivity index (χ1n) is 8.27. The van der Waals surface area contributed by atoms with Gasteiger partial charge in [-0.2, -0.15) is 0 Å². The van der Waals surface area contributed by atoms with Crippen LogP contribution in [0.15, 0.2) is 36.7 Å². The van der Waals surface area contributed by atoms with Crippen molar-refractivity contribution in [2.24, 2.45) is 0 Å². The lowest BCUT2D eigenvalue weighted by Gasteiger charge is -2.22. The fourth-order valence-electron chi connectivity index (χ4n) is 3.77. The van der Waals surface area contributed by atoms with Crippen LogP contribution in [0.5, 0.6) is 11.5 Å². The van der Waals surface area contributed by atoms with Crippen LogP contribution in [0.25, 0.3) is 12.2 Å². The molecular formula is C20H21NO2. The summed E-state index contributed by atoms with van der Waals surface area (Å²) in [6.45, 7) is 0. The summed E-state index contributed by atoms with van der Waals surface area (Å²) in [6, 6.07) is 8.16. The van der Waals surface area contributed by atoms with Crippen molar-refractivity contribution >= 4 is 12.2 Å². The largest absolute Gasteiger partial charge is 0.493 e. The lowest BCUT2D eigenvalue weighted by atomic mass is 9.92. The van der Waals surface area contributed by atoms with E-state index in [1.165, 1.54) is 24.0 Å². The molecule has 1 aliphatic carbocycles. The minimum atomic E-state index is 0.0101. The van der Waals surface area contributed by atoms with Gasteiger partial charge < -0.3 is 9.47 Å². The Morgan fingerprint density at radius 2 is 1.87 bits per heavy atom. The van der Waals surface area contributed by atoms with E-state index in [1.807, 2.05) is 30.6 Å². The Balaban J connectivity index is 1.70. The van der Waals surface area contributed by atoms with Crippen LogP contribution >= 0.6 is 0 Å². The highest BCUT2D eigenvalue weighted by molar-refractivity contribution is 5.74. The molecule has 1 saturated carbocycles. The van der Waals surface area contributed by atoms with Gasteiger partial charge in [-0.05, 0) is 55.0 Å². The van der Waals surface area contributed by atoms with Crippen LogP contribution in [0, 0.1) is 0 Å². The number of pyridine rings is 1. The Bertz CT molecular complexity index is 731. The van der Waals surface area contributed by atoms with Gasteiger partial charge in [0.1, 0.15) is 5.60 Å². The van der Waals surface area contributed by atoms with E-state index in [9.17, 15) is 0 Å². The number of hydrogen-bond donors (Lipinski definition) is 0. The van der Waals surface area contributed by atoms with Crippen molar-refractivity contribution in [3.05, 3.63) is 53.3 Å². The first-order valence-corrected chi connectivity index (χ1v) is 8.27. The zero-order valence-corrected chi connectivity index (χ0v) is 13.4. The Morgan fingerprint density at radius 3 is 2.61 bits per heavy atom. The lowest BCUT2D eigenvalue weighted by molar-refractivity contribution is 0.0996. The number of benzene rings is 1. The van der Waals surface area contributed by atoms with E-state index in [0.29, 0.717) is 0 Å². The van der Waals surface area contributed by atoms with Gasteiger partial charge in [0.25, 0.3) is 0 Å². The molecule has 0 bridgehead atoms. The van der Waals surface area contributed by atoms with Gasteiger partial charge in [0.2, 0.25) is 0 Å². The molecule has 3 nitrogen and oxygen atoms in total. The Labute approximate surface area is 137 Å². The fraction of sp³-hybridized carbons (Fsp3) is 0.350. The third-order valence-corrected chi connectivity index (χ3v) is 4.97. The molecule has 1 fully saturated rings. The first-order chi connectivity index (χ1) is 11.3. The second kappa shape index (κ2) is 5.73. The van der Waals surface area contributed by atoms with Gasteiger partial charge in [-0.1, -0.05) is 18.2 Å². The quantitative estimate of drug-likeness (QED) is 0.836. The maximum atomic E-state index is 6.40. The minimum Gasteiger partial charge on any atom is -0.493 e. The van der Waals surface area contributed by atoms with E-state index in [2.05, 4.69) is 23.2 Å². The zero-order chi connectivity index (χ0) is 15.7. The number of nitrogens with zero attached hydrogens (tertiary/aromatic N) is 1. The van der Waals surface area contributed by atoms with Crippen LogP contribution in [-0.4, -0.2) is 17.7 Å². The van der Waals surface area contributed by atoms with Crippen LogP contribution in [0.2, 0.25) is 0 Å². The van der Waals surface area contributed by atoms with Crippen LogP contribution in [-0.2, 0) is 6.42 Å². The maximum absolute atomic E-state index is 6.40. The van der Waals surface area contributed by atoms with Crippen LogP contribution in [0.1, 0.15) is 42.4 Å². The fourth-order valence-corrected chi connectivity index (χ4v) is 3.77. The number of methoxy groups -OCH3 is 1. The number of fused-ring (bicyclic) bond motifs is 1.